The number of carbonyl (C=O) groups is 1. The van der Waals surface area contributed by atoms with Gasteiger partial charge in [-0.05, 0) is 22.9 Å². The first-order chi connectivity index (χ1) is 9.58. The summed E-state index contributed by atoms with van der Waals surface area (Å²) in [5, 5.41) is 24.9. The summed E-state index contributed by atoms with van der Waals surface area (Å²) in [5.41, 5.74) is 1.11. The molecule has 0 spiro atoms. The molecule has 5 nitrogen and oxygen atoms in total. The van der Waals surface area contributed by atoms with Crippen LogP contribution in [0.4, 0.5) is 0 Å². The van der Waals surface area contributed by atoms with Crippen molar-refractivity contribution in [2.24, 2.45) is 7.05 Å². The molecule has 0 radical (unpaired) electrons. The van der Waals surface area contributed by atoms with E-state index in [9.17, 15) is 9.90 Å². The molecule has 0 aliphatic heterocycles. The topological polar surface area (TPSA) is 75.4 Å². The summed E-state index contributed by atoms with van der Waals surface area (Å²) in [6, 6.07) is 12.5. The van der Waals surface area contributed by atoms with Crippen molar-refractivity contribution in [2.45, 2.75) is 0 Å². The van der Waals surface area contributed by atoms with Crippen LogP contribution >= 0.6 is 0 Å². The molecule has 0 unspecified atom stereocenters. The van der Waals surface area contributed by atoms with Crippen LogP contribution in [0.25, 0.3) is 22.0 Å². The highest BCUT2D eigenvalue weighted by Gasteiger charge is 2.17. The molecule has 20 heavy (non-hydrogen) atoms. The van der Waals surface area contributed by atoms with Crippen LogP contribution in [-0.2, 0) is 7.05 Å². The number of carboxylic acid groups (broad SMARTS) is 1. The molecule has 100 valence electrons. The molecule has 3 aromatic rings. The first kappa shape index (κ1) is 12.2. The number of benzene rings is 2. The molecule has 1 heterocycles. The summed E-state index contributed by atoms with van der Waals surface area (Å²) in [6.45, 7) is 0. The highest BCUT2D eigenvalue weighted by Crippen LogP contribution is 2.36. The first-order valence-corrected chi connectivity index (χ1v) is 6.06. The molecule has 0 bridgehead atoms. The number of hydrogen-bond donors (Lipinski definition) is 2. The van der Waals surface area contributed by atoms with Crippen LogP contribution in [0.5, 0.6) is 5.75 Å². The summed E-state index contributed by atoms with van der Waals surface area (Å²) >= 11 is 0. The Morgan fingerprint density at radius 1 is 1.20 bits per heavy atom. The molecule has 2 N–H and O–H groups in total. The third-order valence-corrected chi connectivity index (χ3v) is 3.26. The van der Waals surface area contributed by atoms with Crippen LogP contribution in [0.3, 0.4) is 0 Å². The summed E-state index contributed by atoms with van der Waals surface area (Å²) in [4.78, 5) is 11.0. The quantitative estimate of drug-likeness (QED) is 0.749. The second kappa shape index (κ2) is 4.38. The van der Waals surface area contributed by atoms with Gasteiger partial charge in [0.15, 0.2) is 5.69 Å². The maximum atomic E-state index is 11.0. The highest BCUT2D eigenvalue weighted by molar-refractivity contribution is 5.99. The van der Waals surface area contributed by atoms with Crippen LogP contribution in [-0.4, -0.2) is 26.0 Å². The number of aromatic hydroxyl groups is 1. The van der Waals surface area contributed by atoms with Gasteiger partial charge in [0.2, 0.25) is 0 Å². The van der Waals surface area contributed by atoms with Crippen molar-refractivity contribution in [1.82, 2.24) is 9.78 Å². The van der Waals surface area contributed by atoms with E-state index in [2.05, 4.69) is 5.10 Å². The summed E-state index contributed by atoms with van der Waals surface area (Å²) in [6.07, 6.45) is 0. The fraction of sp³-hybridized carbons (Fsp3) is 0.0667. The average molecular weight is 268 g/mol. The number of aromatic nitrogens is 2. The molecule has 2 aromatic carbocycles. The molecule has 0 amide bonds. The number of carboxylic acids is 1. The SMILES string of the molecule is Cn1nc(C(=O)O)cc1-c1c(O)ccc2ccccc12. The number of hydrogen-bond acceptors (Lipinski definition) is 3. The lowest BCUT2D eigenvalue weighted by molar-refractivity contribution is 0.0689. The van der Waals surface area contributed by atoms with Gasteiger partial charge in [-0.1, -0.05) is 30.3 Å². The molecule has 0 saturated carbocycles. The Morgan fingerprint density at radius 2 is 1.95 bits per heavy atom. The van der Waals surface area contributed by atoms with E-state index in [0.29, 0.717) is 11.3 Å². The summed E-state index contributed by atoms with van der Waals surface area (Å²) < 4.78 is 1.46. The van der Waals surface area contributed by atoms with E-state index in [1.165, 1.54) is 10.7 Å². The molecule has 0 aliphatic carbocycles. The second-order valence-corrected chi connectivity index (χ2v) is 4.52. The minimum absolute atomic E-state index is 0.0464. The van der Waals surface area contributed by atoms with E-state index in [4.69, 9.17) is 5.11 Å². The van der Waals surface area contributed by atoms with Gasteiger partial charge < -0.3 is 10.2 Å². The maximum Gasteiger partial charge on any atom is 0.356 e. The van der Waals surface area contributed by atoms with Crippen LogP contribution in [0.1, 0.15) is 10.5 Å². The molecule has 0 fully saturated rings. The summed E-state index contributed by atoms with van der Waals surface area (Å²) in [5.74, 6) is -0.991. The maximum absolute atomic E-state index is 11.0. The Morgan fingerprint density at radius 3 is 2.65 bits per heavy atom. The molecular weight excluding hydrogens is 256 g/mol. The van der Waals surface area contributed by atoms with Gasteiger partial charge in [0.25, 0.3) is 0 Å². The number of phenols is 1. The van der Waals surface area contributed by atoms with E-state index in [-0.39, 0.29) is 11.4 Å². The number of nitrogens with zero attached hydrogens (tertiary/aromatic N) is 2. The average Bonchev–Trinajstić information content (AvgIpc) is 2.81. The molecule has 0 aliphatic rings. The number of aryl methyl sites for hydroxylation is 1. The number of fused-ring (bicyclic) bond motifs is 1. The van der Waals surface area contributed by atoms with Crippen molar-refractivity contribution in [3.05, 3.63) is 48.2 Å². The number of aromatic carboxylic acids is 1. The van der Waals surface area contributed by atoms with Crippen molar-refractivity contribution >= 4 is 16.7 Å². The number of rotatable bonds is 2. The fourth-order valence-electron chi connectivity index (χ4n) is 2.33. The normalized spacial score (nSPS) is 10.8. The van der Waals surface area contributed by atoms with Crippen LogP contribution < -0.4 is 0 Å². The van der Waals surface area contributed by atoms with Gasteiger partial charge in [-0.2, -0.15) is 5.10 Å². The summed E-state index contributed by atoms with van der Waals surface area (Å²) in [7, 11) is 1.66. The largest absolute Gasteiger partial charge is 0.507 e. The van der Waals surface area contributed by atoms with E-state index in [1.807, 2.05) is 30.3 Å². The minimum atomic E-state index is -1.09. The Balaban J connectivity index is 2.34. The number of phenolic OH excluding ortho intramolecular Hbond substituents is 1. The zero-order valence-corrected chi connectivity index (χ0v) is 10.7. The van der Waals surface area contributed by atoms with Gasteiger partial charge in [-0.25, -0.2) is 4.79 Å². The van der Waals surface area contributed by atoms with E-state index in [1.54, 1.807) is 13.1 Å². The molecule has 0 saturated heterocycles. The van der Waals surface area contributed by atoms with Crippen LogP contribution in [0.15, 0.2) is 42.5 Å². The predicted molar refractivity (Wildman–Crippen MR) is 74.8 cm³/mol. The zero-order valence-electron chi connectivity index (χ0n) is 10.7. The Bertz CT molecular complexity index is 821. The van der Waals surface area contributed by atoms with Crippen LogP contribution in [0, 0.1) is 0 Å². The monoisotopic (exact) mass is 268 g/mol. The van der Waals surface area contributed by atoms with Crippen molar-refractivity contribution < 1.29 is 15.0 Å². The molecule has 0 atom stereocenters. The zero-order chi connectivity index (χ0) is 14.3. The van der Waals surface area contributed by atoms with Gasteiger partial charge in [0.1, 0.15) is 5.75 Å². The van der Waals surface area contributed by atoms with Gasteiger partial charge >= 0.3 is 5.97 Å². The van der Waals surface area contributed by atoms with Gasteiger partial charge in [-0.15, -0.1) is 0 Å². The molecular formula is C15H12N2O3. The first-order valence-electron chi connectivity index (χ1n) is 6.06. The van der Waals surface area contributed by atoms with E-state index in [0.717, 1.165) is 10.8 Å². The highest BCUT2D eigenvalue weighted by atomic mass is 16.4. The van der Waals surface area contributed by atoms with Crippen molar-refractivity contribution in [3.8, 4) is 17.0 Å². The van der Waals surface area contributed by atoms with E-state index < -0.39 is 5.97 Å². The standard InChI is InChI=1S/C15H12N2O3/c1-17-12(8-11(16-17)15(19)20)14-10-5-3-2-4-9(10)6-7-13(14)18/h2-8,18H,1H3,(H,19,20). The van der Waals surface area contributed by atoms with Crippen molar-refractivity contribution in [2.75, 3.05) is 0 Å². The Labute approximate surface area is 114 Å². The fourth-order valence-corrected chi connectivity index (χ4v) is 2.33. The van der Waals surface area contributed by atoms with Crippen molar-refractivity contribution in [1.29, 1.82) is 0 Å². The molecule has 1 aromatic heterocycles. The Hall–Kier alpha value is -2.82. The van der Waals surface area contributed by atoms with Gasteiger partial charge in [-0.3, -0.25) is 4.68 Å². The predicted octanol–water partition coefficient (Wildman–Crippen LogP) is 2.64. The van der Waals surface area contributed by atoms with Gasteiger partial charge in [0.05, 0.1) is 5.69 Å². The Kier molecular flexibility index (Phi) is 2.68. The van der Waals surface area contributed by atoms with E-state index >= 15 is 0 Å². The smallest absolute Gasteiger partial charge is 0.356 e. The second-order valence-electron chi connectivity index (χ2n) is 4.52. The third kappa shape index (κ3) is 1.80. The third-order valence-electron chi connectivity index (χ3n) is 3.26. The van der Waals surface area contributed by atoms with Gasteiger partial charge in [0, 0.05) is 12.6 Å². The lowest BCUT2D eigenvalue weighted by Crippen LogP contribution is -1.99. The van der Waals surface area contributed by atoms with Crippen molar-refractivity contribution in [3.63, 3.8) is 0 Å². The lowest BCUT2D eigenvalue weighted by atomic mass is 10.0. The molecule has 3 rings (SSSR count). The van der Waals surface area contributed by atoms with Crippen LogP contribution in [0.2, 0.25) is 0 Å². The lowest BCUT2D eigenvalue weighted by Gasteiger charge is -2.09. The minimum Gasteiger partial charge on any atom is -0.507 e. The molecule has 5 heteroatoms.